The van der Waals surface area contributed by atoms with Gasteiger partial charge in [0, 0.05) is 32.5 Å². The predicted octanol–water partition coefficient (Wildman–Crippen LogP) is 2.01. The van der Waals surface area contributed by atoms with Gasteiger partial charge in [0.05, 0.1) is 12.2 Å². The summed E-state index contributed by atoms with van der Waals surface area (Å²) in [6.07, 6.45) is 2.20. The number of carbonyl (C=O) groups excluding carboxylic acids is 1. The van der Waals surface area contributed by atoms with Crippen LogP contribution in [0.1, 0.15) is 24.8 Å². The zero-order valence-electron chi connectivity index (χ0n) is 10.6. The van der Waals surface area contributed by atoms with Gasteiger partial charge in [-0.3, -0.25) is 9.69 Å². The molecule has 1 aromatic rings. The Morgan fingerprint density at radius 3 is 2.89 bits per heavy atom. The standard InChI is InChI=1S/C15H19NO2/c17-14-6-9-18-15(10-14)7-8-16(12-15)11-13-4-2-1-3-5-13/h1-5H,6-12H2. The van der Waals surface area contributed by atoms with Crippen LogP contribution in [0.5, 0.6) is 0 Å². The van der Waals surface area contributed by atoms with Crippen molar-refractivity contribution in [3.8, 4) is 0 Å². The molecule has 0 aliphatic carbocycles. The molecule has 3 rings (SSSR count). The summed E-state index contributed by atoms with van der Waals surface area (Å²) < 4.78 is 5.90. The average Bonchev–Trinajstić information content (AvgIpc) is 2.73. The number of ether oxygens (including phenoxy) is 1. The van der Waals surface area contributed by atoms with Gasteiger partial charge in [0.2, 0.25) is 0 Å². The summed E-state index contributed by atoms with van der Waals surface area (Å²) >= 11 is 0. The summed E-state index contributed by atoms with van der Waals surface area (Å²) in [5.41, 5.74) is 1.15. The zero-order chi connectivity index (χ0) is 12.4. The number of Topliss-reactive ketones (excluding diaryl/α,β-unsaturated/α-hetero) is 1. The molecule has 0 saturated carbocycles. The quantitative estimate of drug-likeness (QED) is 0.798. The summed E-state index contributed by atoms with van der Waals surface area (Å²) in [4.78, 5) is 14.0. The predicted molar refractivity (Wildman–Crippen MR) is 69.3 cm³/mol. The number of hydrogen-bond acceptors (Lipinski definition) is 3. The van der Waals surface area contributed by atoms with E-state index in [1.165, 1.54) is 5.56 Å². The van der Waals surface area contributed by atoms with E-state index in [1.807, 2.05) is 6.07 Å². The van der Waals surface area contributed by atoms with Gasteiger partial charge in [-0.15, -0.1) is 0 Å². The van der Waals surface area contributed by atoms with Crippen LogP contribution in [0.4, 0.5) is 0 Å². The smallest absolute Gasteiger partial charge is 0.138 e. The van der Waals surface area contributed by atoms with Crippen LogP contribution >= 0.6 is 0 Å². The van der Waals surface area contributed by atoms with E-state index in [-0.39, 0.29) is 5.60 Å². The fourth-order valence-corrected chi connectivity index (χ4v) is 3.05. The summed E-state index contributed by atoms with van der Waals surface area (Å²) in [5, 5.41) is 0. The van der Waals surface area contributed by atoms with Crippen molar-refractivity contribution in [2.75, 3.05) is 19.7 Å². The minimum atomic E-state index is -0.176. The highest BCUT2D eigenvalue weighted by atomic mass is 16.5. The third kappa shape index (κ3) is 2.47. The number of likely N-dealkylation sites (tertiary alicyclic amines) is 1. The number of benzene rings is 1. The molecular weight excluding hydrogens is 226 g/mol. The molecular formula is C15H19NO2. The van der Waals surface area contributed by atoms with Crippen molar-refractivity contribution in [1.29, 1.82) is 0 Å². The zero-order valence-corrected chi connectivity index (χ0v) is 10.6. The van der Waals surface area contributed by atoms with Crippen molar-refractivity contribution >= 4 is 5.78 Å². The fourth-order valence-electron chi connectivity index (χ4n) is 3.05. The highest BCUT2D eigenvalue weighted by Gasteiger charge is 2.42. The van der Waals surface area contributed by atoms with E-state index in [2.05, 4.69) is 29.2 Å². The maximum Gasteiger partial charge on any atom is 0.138 e. The van der Waals surface area contributed by atoms with E-state index < -0.39 is 0 Å². The first kappa shape index (κ1) is 11.9. The molecule has 2 aliphatic rings. The largest absolute Gasteiger partial charge is 0.373 e. The number of rotatable bonds is 2. The van der Waals surface area contributed by atoms with Crippen LogP contribution in [0, 0.1) is 0 Å². The van der Waals surface area contributed by atoms with Crippen molar-refractivity contribution < 1.29 is 9.53 Å². The van der Waals surface area contributed by atoms with Crippen LogP contribution in [0.2, 0.25) is 0 Å². The Morgan fingerprint density at radius 2 is 2.11 bits per heavy atom. The molecule has 0 amide bonds. The second kappa shape index (κ2) is 4.82. The summed E-state index contributed by atoms with van der Waals surface area (Å²) in [6, 6.07) is 10.5. The van der Waals surface area contributed by atoms with Gasteiger partial charge in [-0.05, 0) is 12.0 Å². The lowest BCUT2D eigenvalue weighted by atomic mass is 9.92. The van der Waals surface area contributed by atoms with E-state index in [0.29, 0.717) is 25.2 Å². The van der Waals surface area contributed by atoms with Crippen LogP contribution < -0.4 is 0 Å². The molecule has 1 atom stereocenters. The van der Waals surface area contributed by atoms with E-state index >= 15 is 0 Å². The van der Waals surface area contributed by atoms with Crippen LogP contribution in [0.15, 0.2) is 30.3 Å². The van der Waals surface area contributed by atoms with Gasteiger partial charge in [-0.25, -0.2) is 0 Å². The van der Waals surface area contributed by atoms with Crippen molar-refractivity contribution in [3.05, 3.63) is 35.9 Å². The molecule has 3 heteroatoms. The first-order valence-electron chi connectivity index (χ1n) is 6.68. The van der Waals surface area contributed by atoms with Crippen molar-refractivity contribution in [2.24, 2.45) is 0 Å². The molecule has 18 heavy (non-hydrogen) atoms. The molecule has 3 nitrogen and oxygen atoms in total. The van der Waals surface area contributed by atoms with Gasteiger partial charge in [-0.2, -0.15) is 0 Å². The van der Waals surface area contributed by atoms with E-state index in [1.54, 1.807) is 0 Å². The minimum Gasteiger partial charge on any atom is -0.373 e. The Bertz CT molecular complexity index is 431. The second-order valence-corrected chi connectivity index (χ2v) is 5.44. The number of nitrogens with zero attached hydrogens (tertiary/aromatic N) is 1. The maximum atomic E-state index is 11.6. The third-order valence-corrected chi connectivity index (χ3v) is 3.95. The van der Waals surface area contributed by atoms with Gasteiger partial charge in [0.15, 0.2) is 0 Å². The number of hydrogen-bond donors (Lipinski definition) is 0. The Hall–Kier alpha value is -1.19. The first-order valence-corrected chi connectivity index (χ1v) is 6.68. The van der Waals surface area contributed by atoms with Crippen molar-refractivity contribution in [1.82, 2.24) is 4.90 Å². The third-order valence-electron chi connectivity index (χ3n) is 3.95. The first-order chi connectivity index (χ1) is 8.76. The van der Waals surface area contributed by atoms with E-state index in [4.69, 9.17) is 4.74 Å². The number of carbonyl (C=O) groups is 1. The molecule has 96 valence electrons. The van der Waals surface area contributed by atoms with Gasteiger partial charge in [-0.1, -0.05) is 30.3 Å². The van der Waals surface area contributed by atoms with Gasteiger partial charge in [0.1, 0.15) is 5.78 Å². The van der Waals surface area contributed by atoms with E-state index in [0.717, 1.165) is 26.1 Å². The molecule has 0 N–H and O–H groups in total. The summed E-state index contributed by atoms with van der Waals surface area (Å²) in [5.74, 6) is 0.364. The lowest BCUT2D eigenvalue weighted by Crippen LogP contribution is -2.42. The van der Waals surface area contributed by atoms with Crippen LogP contribution in [0.25, 0.3) is 0 Å². The fraction of sp³-hybridized carbons (Fsp3) is 0.533. The SMILES string of the molecule is O=C1CCOC2(CCN(Cc3ccccc3)C2)C1. The van der Waals surface area contributed by atoms with Crippen molar-refractivity contribution in [3.63, 3.8) is 0 Å². The molecule has 1 unspecified atom stereocenters. The lowest BCUT2D eigenvalue weighted by molar-refractivity contribution is -0.138. The Kier molecular flexibility index (Phi) is 3.18. The van der Waals surface area contributed by atoms with Crippen LogP contribution in [-0.2, 0) is 16.1 Å². The monoisotopic (exact) mass is 245 g/mol. The molecule has 1 spiro atoms. The second-order valence-electron chi connectivity index (χ2n) is 5.44. The molecule has 0 bridgehead atoms. The Morgan fingerprint density at radius 1 is 1.28 bits per heavy atom. The summed E-state index contributed by atoms with van der Waals surface area (Å²) in [6.45, 7) is 3.49. The molecule has 2 fully saturated rings. The van der Waals surface area contributed by atoms with Crippen LogP contribution in [0.3, 0.4) is 0 Å². The van der Waals surface area contributed by atoms with Gasteiger partial charge < -0.3 is 4.74 Å². The Balaban J connectivity index is 1.63. The molecule has 2 aliphatic heterocycles. The van der Waals surface area contributed by atoms with Crippen molar-refractivity contribution in [2.45, 2.75) is 31.4 Å². The number of ketones is 1. The van der Waals surface area contributed by atoms with Crippen LogP contribution in [-0.4, -0.2) is 36.0 Å². The topological polar surface area (TPSA) is 29.5 Å². The average molecular weight is 245 g/mol. The van der Waals surface area contributed by atoms with Gasteiger partial charge >= 0.3 is 0 Å². The molecule has 2 saturated heterocycles. The normalized spacial score (nSPS) is 29.0. The molecule has 2 heterocycles. The minimum absolute atomic E-state index is 0.176. The highest BCUT2D eigenvalue weighted by Crippen LogP contribution is 2.33. The summed E-state index contributed by atoms with van der Waals surface area (Å²) in [7, 11) is 0. The molecule has 1 aromatic carbocycles. The van der Waals surface area contributed by atoms with Gasteiger partial charge in [0.25, 0.3) is 0 Å². The molecule has 0 radical (unpaired) electrons. The molecule has 0 aromatic heterocycles. The highest BCUT2D eigenvalue weighted by molar-refractivity contribution is 5.80. The lowest BCUT2D eigenvalue weighted by Gasteiger charge is -2.32. The maximum absolute atomic E-state index is 11.6. The van der Waals surface area contributed by atoms with E-state index in [9.17, 15) is 4.79 Å². The Labute approximate surface area is 108 Å².